The van der Waals surface area contributed by atoms with Crippen molar-refractivity contribution in [3.8, 4) is 0 Å². The maximum Gasteiger partial charge on any atom is 0.335 e. The van der Waals surface area contributed by atoms with Gasteiger partial charge in [0.25, 0.3) is 0 Å². The van der Waals surface area contributed by atoms with E-state index in [1.165, 1.54) is 0 Å². The zero-order valence-electron chi connectivity index (χ0n) is 8.40. The Balaban J connectivity index is 2.99. The Kier molecular flexibility index (Phi) is 3.25. The van der Waals surface area contributed by atoms with Crippen molar-refractivity contribution in [3.05, 3.63) is 35.4 Å². The van der Waals surface area contributed by atoms with Gasteiger partial charge in [0.1, 0.15) is 0 Å². The Morgan fingerprint density at radius 3 is 2.57 bits per heavy atom. The van der Waals surface area contributed by atoms with Crippen molar-refractivity contribution in [1.29, 1.82) is 0 Å². The van der Waals surface area contributed by atoms with E-state index >= 15 is 0 Å². The highest BCUT2D eigenvalue weighted by molar-refractivity contribution is 5.87. The van der Waals surface area contributed by atoms with Crippen LogP contribution in [0.25, 0.3) is 0 Å². The topological polar surface area (TPSA) is 63.3 Å². The molecule has 76 valence electrons. The second-order valence-corrected chi connectivity index (χ2v) is 3.70. The monoisotopic (exact) mass is 193 g/mol. The first kappa shape index (κ1) is 10.7. The molecule has 1 unspecified atom stereocenters. The van der Waals surface area contributed by atoms with Crippen LogP contribution in [0.15, 0.2) is 24.3 Å². The van der Waals surface area contributed by atoms with Crippen LogP contribution < -0.4 is 5.73 Å². The SMILES string of the molecule is CC(C)C(N)c1cccc(C(=O)O)c1. The second kappa shape index (κ2) is 4.24. The van der Waals surface area contributed by atoms with E-state index in [0.717, 1.165) is 5.56 Å². The summed E-state index contributed by atoms with van der Waals surface area (Å²) in [5.41, 5.74) is 7.08. The van der Waals surface area contributed by atoms with Crippen LogP contribution >= 0.6 is 0 Å². The number of nitrogens with two attached hydrogens (primary N) is 1. The van der Waals surface area contributed by atoms with E-state index in [1.54, 1.807) is 18.2 Å². The van der Waals surface area contributed by atoms with E-state index in [-0.39, 0.29) is 6.04 Å². The van der Waals surface area contributed by atoms with Crippen molar-refractivity contribution in [2.24, 2.45) is 11.7 Å². The summed E-state index contributed by atoms with van der Waals surface area (Å²) in [6, 6.07) is 6.68. The molecule has 0 saturated carbocycles. The molecule has 3 N–H and O–H groups in total. The third-order valence-electron chi connectivity index (χ3n) is 2.24. The number of carboxylic acids is 1. The summed E-state index contributed by atoms with van der Waals surface area (Å²) in [5, 5.41) is 8.79. The largest absolute Gasteiger partial charge is 0.478 e. The van der Waals surface area contributed by atoms with Crippen molar-refractivity contribution in [2.45, 2.75) is 19.9 Å². The number of aromatic carboxylic acids is 1. The maximum absolute atomic E-state index is 10.7. The summed E-state index contributed by atoms with van der Waals surface area (Å²) in [4.78, 5) is 10.7. The minimum absolute atomic E-state index is 0.103. The molecule has 0 bridgehead atoms. The smallest absolute Gasteiger partial charge is 0.335 e. The Morgan fingerprint density at radius 1 is 1.43 bits per heavy atom. The van der Waals surface area contributed by atoms with E-state index in [9.17, 15) is 4.79 Å². The van der Waals surface area contributed by atoms with Crippen LogP contribution in [0.3, 0.4) is 0 Å². The molecule has 0 fully saturated rings. The van der Waals surface area contributed by atoms with Crippen molar-refractivity contribution >= 4 is 5.97 Å². The van der Waals surface area contributed by atoms with Gasteiger partial charge in [-0.2, -0.15) is 0 Å². The van der Waals surface area contributed by atoms with Gasteiger partial charge in [0.05, 0.1) is 5.56 Å². The Bertz CT molecular complexity index is 334. The second-order valence-electron chi connectivity index (χ2n) is 3.70. The lowest BCUT2D eigenvalue weighted by molar-refractivity contribution is 0.0696. The van der Waals surface area contributed by atoms with E-state index < -0.39 is 5.97 Å². The average molecular weight is 193 g/mol. The van der Waals surface area contributed by atoms with Crippen molar-refractivity contribution < 1.29 is 9.90 Å². The van der Waals surface area contributed by atoms with Crippen LogP contribution in [0.5, 0.6) is 0 Å². The van der Waals surface area contributed by atoms with Gasteiger partial charge in [0.2, 0.25) is 0 Å². The summed E-state index contributed by atoms with van der Waals surface area (Å²) in [6.07, 6.45) is 0. The van der Waals surface area contributed by atoms with Gasteiger partial charge in [-0.05, 0) is 23.6 Å². The highest BCUT2D eigenvalue weighted by Crippen LogP contribution is 2.19. The molecule has 3 heteroatoms. The first-order chi connectivity index (χ1) is 6.52. The highest BCUT2D eigenvalue weighted by Gasteiger charge is 2.12. The molecule has 3 nitrogen and oxygen atoms in total. The molecule has 0 amide bonds. The fourth-order valence-corrected chi connectivity index (χ4v) is 1.26. The molecule has 1 atom stereocenters. The number of carbonyl (C=O) groups is 1. The summed E-state index contributed by atoms with van der Waals surface area (Å²) in [6.45, 7) is 4.02. The summed E-state index contributed by atoms with van der Waals surface area (Å²) in [5.74, 6) is -0.609. The average Bonchev–Trinajstić information content (AvgIpc) is 2.16. The Labute approximate surface area is 83.6 Å². The molecule has 0 aliphatic carbocycles. The van der Waals surface area contributed by atoms with E-state index in [1.807, 2.05) is 19.9 Å². The highest BCUT2D eigenvalue weighted by atomic mass is 16.4. The molecule has 14 heavy (non-hydrogen) atoms. The van der Waals surface area contributed by atoms with Crippen LogP contribution in [-0.2, 0) is 0 Å². The van der Waals surface area contributed by atoms with Gasteiger partial charge in [-0.15, -0.1) is 0 Å². The van der Waals surface area contributed by atoms with Gasteiger partial charge in [-0.3, -0.25) is 0 Å². The molecule has 1 rings (SSSR count). The van der Waals surface area contributed by atoms with E-state index in [4.69, 9.17) is 10.8 Å². The molecule has 1 aromatic rings. The lowest BCUT2D eigenvalue weighted by Crippen LogP contribution is -2.17. The van der Waals surface area contributed by atoms with Gasteiger partial charge in [-0.25, -0.2) is 4.79 Å². The molecular weight excluding hydrogens is 178 g/mol. The molecule has 0 spiro atoms. The number of hydrogen-bond donors (Lipinski definition) is 2. The number of carboxylic acid groups (broad SMARTS) is 1. The number of benzene rings is 1. The lowest BCUT2D eigenvalue weighted by Gasteiger charge is -2.16. The predicted octanol–water partition coefficient (Wildman–Crippen LogP) is 2.04. The van der Waals surface area contributed by atoms with Crippen molar-refractivity contribution in [2.75, 3.05) is 0 Å². The molecule has 0 aromatic heterocycles. The zero-order chi connectivity index (χ0) is 10.7. The van der Waals surface area contributed by atoms with Crippen LogP contribution in [0.4, 0.5) is 0 Å². The van der Waals surface area contributed by atoms with Crippen LogP contribution in [0.2, 0.25) is 0 Å². The quantitative estimate of drug-likeness (QED) is 0.772. The first-order valence-corrected chi connectivity index (χ1v) is 4.61. The molecule has 0 aliphatic rings. The Morgan fingerprint density at radius 2 is 2.07 bits per heavy atom. The molecular formula is C11H15NO2. The molecule has 0 saturated heterocycles. The third-order valence-corrected chi connectivity index (χ3v) is 2.24. The van der Waals surface area contributed by atoms with Crippen LogP contribution in [0, 0.1) is 5.92 Å². The minimum Gasteiger partial charge on any atom is -0.478 e. The summed E-state index contributed by atoms with van der Waals surface area (Å²) < 4.78 is 0. The van der Waals surface area contributed by atoms with Gasteiger partial charge in [0.15, 0.2) is 0 Å². The molecule has 0 heterocycles. The molecule has 1 aromatic carbocycles. The van der Waals surface area contributed by atoms with Crippen molar-refractivity contribution in [3.63, 3.8) is 0 Å². The predicted molar refractivity (Wildman–Crippen MR) is 55.2 cm³/mol. The summed E-state index contributed by atoms with van der Waals surface area (Å²) >= 11 is 0. The number of rotatable bonds is 3. The molecule has 0 aliphatic heterocycles. The van der Waals surface area contributed by atoms with E-state index in [2.05, 4.69) is 0 Å². The van der Waals surface area contributed by atoms with Gasteiger partial charge < -0.3 is 10.8 Å². The summed E-state index contributed by atoms with van der Waals surface area (Å²) in [7, 11) is 0. The van der Waals surface area contributed by atoms with Crippen LogP contribution in [0.1, 0.15) is 35.8 Å². The first-order valence-electron chi connectivity index (χ1n) is 4.61. The fourth-order valence-electron chi connectivity index (χ4n) is 1.26. The van der Waals surface area contributed by atoms with Gasteiger partial charge in [-0.1, -0.05) is 26.0 Å². The number of hydrogen-bond acceptors (Lipinski definition) is 2. The van der Waals surface area contributed by atoms with Crippen molar-refractivity contribution in [1.82, 2.24) is 0 Å². The minimum atomic E-state index is -0.914. The van der Waals surface area contributed by atoms with Crippen LogP contribution in [-0.4, -0.2) is 11.1 Å². The molecule has 0 radical (unpaired) electrons. The fraction of sp³-hybridized carbons (Fsp3) is 0.364. The third kappa shape index (κ3) is 2.33. The maximum atomic E-state index is 10.7. The zero-order valence-corrected chi connectivity index (χ0v) is 8.40. The van der Waals surface area contributed by atoms with Gasteiger partial charge >= 0.3 is 5.97 Å². The van der Waals surface area contributed by atoms with E-state index in [0.29, 0.717) is 11.5 Å². The normalized spacial score (nSPS) is 12.9. The lowest BCUT2D eigenvalue weighted by atomic mass is 9.96. The van der Waals surface area contributed by atoms with Gasteiger partial charge in [0, 0.05) is 6.04 Å². The standard InChI is InChI=1S/C11H15NO2/c1-7(2)10(12)8-4-3-5-9(6-8)11(13)14/h3-7,10H,12H2,1-2H3,(H,13,14). The Hall–Kier alpha value is -1.35.